The van der Waals surface area contributed by atoms with Crippen LogP contribution in [0.3, 0.4) is 0 Å². The van der Waals surface area contributed by atoms with E-state index in [1.54, 1.807) is 0 Å². The van der Waals surface area contributed by atoms with Crippen molar-refractivity contribution in [2.45, 2.75) is 18.5 Å². The molecule has 2 N–H and O–H groups in total. The number of ether oxygens (including phenoxy) is 1. The Balaban J connectivity index is 0. The van der Waals surface area contributed by atoms with Crippen LogP contribution in [-0.2, 0) is 14.9 Å². The second-order valence-electron chi connectivity index (χ2n) is 2.25. The van der Waals surface area contributed by atoms with E-state index in [2.05, 4.69) is 11.3 Å². The fraction of sp³-hybridized carbons (Fsp3) is 0.667. The molecular formula is C6H13NaO5S. The van der Waals surface area contributed by atoms with E-state index in [9.17, 15) is 8.42 Å². The van der Waals surface area contributed by atoms with E-state index in [0.29, 0.717) is 0 Å². The van der Waals surface area contributed by atoms with Gasteiger partial charge in [-0.15, -0.1) is 6.58 Å². The molecule has 0 heterocycles. The molecule has 13 heavy (non-hydrogen) atoms. The summed E-state index contributed by atoms with van der Waals surface area (Å²) in [6, 6.07) is 0. The van der Waals surface area contributed by atoms with Crippen molar-refractivity contribution in [2.24, 2.45) is 0 Å². The Labute approximate surface area is 99.8 Å². The van der Waals surface area contributed by atoms with Crippen LogP contribution in [0.25, 0.3) is 0 Å². The third-order valence-electron chi connectivity index (χ3n) is 1.07. The summed E-state index contributed by atoms with van der Waals surface area (Å²) in [5.41, 5.74) is -1.60. The monoisotopic (exact) mass is 220 g/mol. The van der Waals surface area contributed by atoms with Gasteiger partial charge >= 0.3 is 29.6 Å². The Morgan fingerprint density at radius 1 is 1.62 bits per heavy atom. The van der Waals surface area contributed by atoms with E-state index < -0.39 is 21.7 Å². The van der Waals surface area contributed by atoms with Gasteiger partial charge in [-0.2, -0.15) is 8.42 Å². The van der Waals surface area contributed by atoms with E-state index in [0.717, 1.165) is 0 Å². The zero-order chi connectivity index (χ0) is 9.78. The molecule has 0 aliphatic heterocycles. The van der Waals surface area contributed by atoms with E-state index in [1.807, 2.05) is 0 Å². The van der Waals surface area contributed by atoms with Crippen molar-refractivity contribution in [3.8, 4) is 0 Å². The Morgan fingerprint density at radius 3 is 2.31 bits per heavy atom. The van der Waals surface area contributed by atoms with Crippen molar-refractivity contribution in [2.75, 3.05) is 6.61 Å². The zero-order valence-corrected chi connectivity index (χ0v) is 7.49. The summed E-state index contributed by atoms with van der Waals surface area (Å²) in [7, 11) is -4.36. The van der Waals surface area contributed by atoms with E-state index in [1.165, 1.54) is 13.0 Å². The van der Waals surface area contributed by atoms with Crippen LogP contribution in [-0.4, -0.2) is 65.8 Å². The minimum absolute atomic E-state index is 0. The van der Waals surface area contributed by atoms with Gasteiger partial charge in [0.05, 0.1) is 12.7 Å². The van der Waals surface area contributed by atoms with Gasteiger partial charge in [0.15, 0.2) is 0 Å². The van der Waals surface area contributed by atoms with Crippen LogP contribution in [0.4, 0.5) is 0 Å². The number of rotatable bonds is 5. The minimum atomic E-state index is -4.36. The first-order valence-corrected chi connectivity index (χ1v) is 4.76. The quantitative estimate of drug-likeness (QED) is 0.357. The maximum absolute atomic E-state index is 10.5. The summed E-state index contributed by atoms with van der Waals surface area (Å²) in [5, 5.41) is 8.88. The van der Waals surface area contributed by atoms with Gasteiger partial charge in [-0.1, -0.05) is 6.08 Å². The van der Waals surface area contributed by atoms with Crippen molar-refractivity contribution < 1.29 is 22.8 Å². The molecule has 2 unspecified atom stereocenters. The first-order chi connectivity index (χ1) is 5.39. The molecule has 0 saturated carbocycles. The van der Waals surface area contributed by atoms with Crippen molar-refractivity contribution in [1.29, 1.82) is 0 Å². The molecule has 0 aliphatic rings. The van der Waals surface area contributed by atoms with Gasteiger partial charge in [0.1, 0.15) is 0 Å². The van der Waals surface area contributed by atoms with Crippen molar-refractivity contribution >= 4 is 39.7 Å². The molecule has 5 nitrogen and oxygen atoms in total. The van der Waals surface area contributed by atoms with Crippen LogP contribution in [0.5, 0.6) is 0 Å². The summed E-state index contributed by atoms with van der Waals surface area (Å²) < 4.78 is 34.2. The third kappa shape index (κ3) is 6.62. The molecule has 0 amide bonds. The molecule has 74 valence electrons. The molecule has 0 aromatic carbocycles. The van der Waals surface area contributed by atoms with Gasteiger partial charge in [-0.05, 0) is 6.92 Å². The van der Waals surface area contributed by atoms with Crippen LogP contribution < -0.4 is 0 Å². The van der Waals surface area contributed by atoms with Gasteiger partial charge in [0, 0.05) is 0 Å². The Bertz CT molecular complexity index is 235. The van der Waals surface area contributed by atoms with E-state index in [4.69, 9.17) is 9.66 Å². The van der Waals surface area contributed by atoms with Crippen molar-refractivity contribution in [1.82, 2.24) is 0 Å². The summed E-state index contributed by atoms with van der Waals surface area (Å²) in [4.78, 5) is 0. The van der Waals surface area contributed by atoms with Crippen LogP contribution >= 0.6 is 0 Å². The average molecular weight is 220 g/mol. The standard InChI is InChI=1S/C6H12O5S.Na.H/c1-3-4-11-6(5(2)7)12(8,9)10;;/h3,5-7H,1,4H2,2H3,(H,8,9,10);;. The zero-order valence-electron chi connectivity index (χ0n) is 6.67. The van der Waals surface area contributed by atoms with E-state index >= 15 is 0 Å². The van der Waals surface area contributed by atoms with E-state index in [-0.39, 0.29) is 36.2 Å². The predicted molar refractivity (Wildman–Crippen MR) is 50.3 cm³/mol. The second kappa shape index (κ2) is 6.94. The number of aliphatic hydroxyl groups excluding tert-OH is 1. The summed E-state index contributed by atoms with van der Waals surface area (Å²) in [6.07, 6.45) is 0.0422. The molecule has 0 aliphatic carbocycles. The molecule has 0 bridgehead atoms. The van der Waals surface area contributed by atoms with Crippen molar-refractivity contribution in [3.05, 3.63) is 12.7 Å². The molecule has 0 aromatic rings. The maximum atomic E-state index is 10.5. The van der Waals surface area contributed by atoms with Crippen LogP contribution in [0.1, 0.15) is 6.92 Å². The third-order valence-corrected chi connectivity index (χ3v) is 2.18. The average Bonchev–Trinajstić information content (AvgIpc) is 1.84. The fourth-order valence-corrected chi connectivity index (χ4v) is 1.39. The fourth-order valence-electron chi connectivity index (χ4n) is 0.637. The number of hydrogen-bond donors (Lipinski definition) is 2. The first kappa shape index (κ1) is 16.0. The Morgan fingerprint density at radius 2 is 2.08 bits per heavy atom. The van der Waals surface area contributed by atoms with Crippen LogP contribution in [0.15, 0.2) is 12.7 Å². The SMILES string of the molecule is C=CCOC(C(C)O)S(=O)(=O)O.[NaH]. The molecule has 2 atom stereocenters. The first-order valence-electron chi connectivity index (χ1n) is 3.26. The van der Waals surface area contributed by atoms with Gasteiger partial charge < -0.3 is 9.84 Å². The molecule has 0 rings (SSSR count). The predicted octanol–water partition coefficient (Wildman–Crippen LogP) is -0.865. The van der Waals surface area contributed by atoms with Crippen molar-refractivity contribution in [3.63, 3.8) is 0 Å². The summed E-state index contributed by atoms with van der Waals surface area (Å²) >= 11 is 0. The number of hydrogen-bond acceptors (Lipinski definition) is 4. The molecule has 0 saturated heterocycles. The topological polar surface area (TPSA) is 83.8 Å². The summed E-state index contributed by atoms with van der Waals surface area (Å²) in [6.45, 7) is 4.45. The molecular weight excluding hydrogens is 207 g/mol. The number of aliphatic hydroxyl groups is 1. The van der Waals surface area contributed by atoms with Gasteiger partial charge in [0.2, 0.25) is 5.44 Å². The van der Waals surface area contributed by atoms with Gasteiger partial charge in [-0.25, -0.2) is 0 Å². The Hall–Kier alpha value is 0.570. The van der Waals surface area contributed by atoms with Crippen LogP contribution in [0, 0.1) is 0 Å². The molecule has 0 fully saturated rings. The Kier molecular flexibility index (Phi) is 8.55. The molecule has 0 radical (unpaired) electrons. The van der Waals surface area contributed by atoms with Crippen LogP contribution in [0.2, 0.25) is 0 Å². The normalized spacial score (nSPS) is 15.6. The summed E-state index contributed by atoms with van der Waals surface area (Å²) in [5.74, 6) is 0. The van der Waals surface area contributed by atoms with Gasteiger partial charge in [0.25, 0.3) is 10.1 Å². The molecule has 0 spiro atoms. The molecule has 7 heteroatoms. The van der Waals surface area contributed by atoms with Gasteiger partial charge in [-0.3, -0.25) is 4.55 Å². The molecule has 0 aromatic heterocycles. The second-order valence-corrected chi connectivity index (χ2v) is 3.74.